The van der Waals surface area contributed by atoms with E-state index in [1.54, 1.807) is 0 Å². The Labute approximate surface area is 311 Å². The summed E-state index contributed by atoms with van der Waals surface area (Å²) in [6.07, 6.45) is 6.86. The van der Waals surface area contributed by atoms with Gasteiger partial charge in [-0.05, 0) is 98.2 Å². The van der Waals surface area contributed by atoms with Crippen molar-refractivity contribution in [3.63, 3.8) is 0 Å². The molecule has 0 amide bonds. The van der Waals surface area contributed by atoms with Gasteiger partial charge in [0.2, 0.25) is 0 Å². The number of fused-ring (bicyclic) bond motifs is 7. The fourth-order valence-electron chi connectivity index (χ4n) is 9.65. The summed E-state index contributed by atoms with van der Waals surface area (Å²) in [6, 6.07) is 54.6. The van der Waals surface area contributed by atoms with Gasteiger partial charge in [0.05, 0.1) is 11.4 Å². The van der Waals surface area contributed by atoms with Gasteiger partial charge in [-0.15, -0.1) is 0 Å². The van der Waals surface area contributed by atoms with E-state index in [1.807, 2.05) is 0 Å². The summed E-state index contributed by atoms with van der Waals surface area (Å²) < 4.78 is 2.65. The highest BCUT2D eigenvalue weighted by Gasteiger charge is 2.45. The van der Waals surface area contributed by atoms with Gasteiger partial charge in [-0.1, -0.05) is 148 Å². The Kier molecular flexibility index (Phi) is 6.47. The quantitative estimate of drug-likeness (QED) is 0.169. The van der Waals surface area contributed by atoms with E-state index in [2.05, 4.69) is 188 Å². The second kappa shape index (κ2) is 11.2. The van der Waals surface area contributed by atoms with Crippen LogP contribution in [0, 0.1) is 0 Å². The van der Waals surface area contributed by atoms with Crippen LogP contribution in [0.15, 0.2) is 152 Å². The van der Waals surface area contributed by atoms with Crippen LogP contribution in [0.25, 0.3) is 55.8 Å². The molecule has 0 bridgehead atoms. The standard InChI is InChI=1S/C50H39BN2/c1-50(2,3)36-28-29-42-40(31-36)51-46-38-24-13-11-21-35(38)30-39-45(33-17-6-4-7-18-33)48(34-19-8-5-9-20-34)53(49(39)46)44-27-15-26-43(47(44)51)52(42)41-25-14-22-32-16-10-12-23-37(32)41/h4-12,14-23,25-31H,13,24H2,1-3H3. The van der Waals surface area contributed by atoms with Crippen LogP contribution in [-0.2, 0) is 11.8 Å². The van der Waals surface area contributed by atoms with E-state index in [-0.39, 0.29) is 12.1 Å². The van der Waals surface area contributed by atoms with Gasteiger partial charge in [0.1, 0.15) is 0 Å². The maximum Gasteiger partial charge on any atom is 0.252 e. The molecule has 0 unspecified atom stereocenters. The second-order valence-corrected chi connectivity index (χ2v) is 16.0. The van der Waals surface area contributed by atoms with E-state index < -0.39 is 0 Å². The van der Waals surface area contributed by atoms with Crippen molar-refractivity contribution in [3.8, 4) is 28.1 Å². The summed E-state index contributed by atoms with van der Waals surface area (Å²) in [4.78, 5) is 2.57. The van der Waals surface area contributed by atoms with Crippen LogP contribution < -0.4 is 21.3 Å². The van der Waals surface area contributed by atoms with Gasteiger partial charge in [0.25, 0.3) is 6.71 Å². The molecule has 3 heterocycles. The van der Waals surface area contributed by atoms with E-state index in [4.69, 9.17) is 0 Å². The molecule has 53 heavy (non-hydrogen) atoms. The molecule has 0 spiro atoms. The Morgan fingerprint density at radius 2 is 1.28 bits per heavy atom. The zero-order chi connectivity index (χ0) is 35.4. The Hall–Kier alpha value is -6.06. The Morgan fingerprint density at radius 3 is 2.09 bits per heavy atom. The first-order chi connectivity index (χ1) is 26.0. The van der Waals surface area contributed by atoms with Crippen LogP contribution >= 0.6 is 0 Å². The minimum atomic E-state index is 0.00309. The smallest absolute Gasteiger partial charge is 0.252 e. The molecule has 7 aromatic carbocycles. The minimum Gasteiger partial charge on any atom is -0.311 e. The van der Waals surface area contributed by atoms with Crippen LogP contribution in [0.3, 0.4) is 0 Å². The fourth-order valence-corrected chi connectivity index (χ4v) is 9.65. The lowest BCUT2D eigenvalue weighted by Gasteiger charge is -2.42. The largest absolute Gasteiger partial charge is 0.311 e. The average Bonchev–Trinajstić information content (AvgIpc) is 3.54. The van der Waals surface area contributed by atoms with Crippen LogP contribution in [0.2, 0.25) is 0 Å². The van der Waals surface area contributed by atoms with E-state index in [0.717, 1.165) is 12.8 Å². The molecule has 0 radical (unpaired) electrons. The van der Waals surface area contributed by atoms with Crippen molar-refractivity contribution in [1.82, 2.24) is 4.57 Å². The Bertz CT molecular complexity index is 2810. The topological polar surface area (TPSA) is 8.17 Å². The molecular formula is C50H39BN2. The molecule has 1 aliphatic carbocycles. The molecule has 3 aliphatic rings. The molecule has 0 saturated carbocycles. The molecule has 3 heteroatoms. The van der Waals surface area contributed by atoms with Gasteiger partial charge < -0.3 is 9.47 Å². The number of aromatic nitrogens is 1. The van der Waals surface area contributed by atoms with Crippen molar-refractivity contribution in [2.24, 2.45) is 0 Å². The molecule has 0 N–H and O–H groups in total. The van der Waals surface area contributed by atoms with Crippen LogP contribution in [0.1, 0.15) is 43.9 Å². The van der Waals surface area contributed by atoms with E-state index >= 15 is 0 Å². The summed E-state index contributed by atoms with van der Waals surface area (Å²) in [5.41, 5.74) is 19.9. The van der Waals surface area contributed by atoms with Crippen molar-refractivity contribution in [3.05, 3.63) is 168 Å². The van der Waals surface area contributed by atoms with Gasteiger partial charge in [-0.25, -0.2) is 0 Å². The Morgan fingerprint density at radius 1 is 0.585 bits per heavy atom. The number of nitrogens with zero attached hydrogens (tertiary/aromatic N) is 2. The third-order valence-electron chi connectivity index (χ3n) is 12.0. The second-order valence-electron chi connectivity index (χ2n) is 16.0. The van der Waals surface area contributed by atoms with Crippen LogP contribution in [0.4, 0.5) is 17.1 Å². The van der Waals surface area contributed by atoms with Gasteiger partial charge >= 0.3 is 0 Å². The highest BCUT2D eigenvalue weighted by atomic mass is 15.2. The molecule has 8 aromatic rings. The first-order valence-electron chi connectivity index (χ1n) is 19.0. The Balaban J connectivity index is 1.35. The molecule has 0 saturated heterocycles. The monoisotopic (exact) mass is 678 g/mol. The summed E-state index contributed by atoms with van der Waals surface area (Å²) in [5.74, 6) is 0. The van der Waals surface area contributed by atoms with Crippen LogP contribution in [0.5, 0.6) is 0 Å². The van der Waals surface area contributed by atoms with Crippen molar-refractivity contribution in [2.75, 3.05) is 4.90 Å². The summed E-state index contributed by atoms with van der Waals surface area (Å²) in [7, 11) is 0. The first-order valence-corrected chi connectivity index (χ1v) is 19.0. The van der Waals surface area contributed by atoms with Crippen molar-refractivity contribution < 1.29 is 0 Å². The zero-order valence-corrected chi connectivity index (χ0v) is 30.4. The summed E-state index contributed by atoms with van der Waals surface area (Å²) >= 11 is 0. The third-order valence-corrected chi connectivity index (χ3v) is 12.0. The highest BCUT2D eigenvalue weighted by molar-refractivity contribution is 7.00. The van der Waals surface area contributed by atoms with E-state index in [0.29, 0.717) is 0 Å². The molecule has 252 valence electrons. The minimum absolute atomic E-state index is 0.00309. The summed E-state index contributed by atoms with van der Waals surface area (Å²) in [6.45, 7) is 7.12. The van der Waals surface area contributed by atoms with Gasteiger partial charge in [0.15, 0.2) is 0 Å². The van der Waals surface area contributed by atoms with E-state index in [1.165, 1.54) is 99.9 Å². The first kappa shape index (κ1) is 30.6. The normalized spacial score (nSPS) is 14.0. The lowest BCUT2D eigenvalue weighted by molar-refractivity contribution is 0.591. The lowest BCUT2D eigenvalue weighted by atomic mass is 9.32. The third kappa shape index (κ3) is 4.34. The summed E-state index contributed by atoms with van der Waals surface area (Å²) in [5, 5.41) is 3.84. The van der Waals surface area contributed by atoms with Gasteiger partial charge in [-0.2, -0.15) is 0 Å². The number of allylic oxidation sites excluding steroid dienone is 1. The molecule has 0 atom stereocenters. The number of anilines is 3. The fraction of sp³-hybridized carbons (Fsp3) is 0.120. The SMILES string of the molecule is CC(C)(C)c1ccc2c(c1)B1c3c(cccc3-n3c(-c4ccccc4)c(-c4ccccc4)c4cc5c(c1c43)CCC=C5)N2c1cccc2ccccc12. The maximum absolute atomic E-state index is 2.65. The molecule has 1 aromatic heterocycles. The number of hydrogen-bond donors (Lipinski definition) is 0. The number of rotatable bonds is 3. The number of hydrogen-bond acceptors (Lipinski definition) is 1. The van der Waals surface area contributed by atoms with Crippen molar-refractivity contribution in [1.29, 1.82) is 0 Å². The lowest BCUT2D eigenvalue weighted by Crippen LogP contribution is -2.61. The van der Waals surface area contributed by atoms with Crippen molar-refractivity contribution >= 4 is 67.9 Å². The number of benzene rings is 7. The zero-order valence-electron chi connectivity index (χ0n) is 30.4. The van der Waals surface area contributed by atoms with E-state index in [9.17, 15) is 0 Å². The molecule has 0 fully saturated rings. The highest BCUT2D eigenvalue weighted by Crippen LogP contribution is 2.48. The molecule has 11 rings (SSSR count). The predicted molar refractivity (Wildman–Crippen MR) is 227 cm³/mol. The average molecular weight is 679 g/mol. The maximum atomic E-state index is 2.65. The van der Waals surface area contributed by atoms with Crippen LogP contribution in [-0.4, -0.2) is 11.3 Å². The molecule has 2 nitrogen and oxygen atoms in total. The molecular weight excluding hydrogens is 639 g/mol. The van der Waals surface area contributed by atoms with Gasteiger partial charge in [-0.3, -0.25) is 0 Å². The molecule has 2 aliphatic heterocycles. The van der Waals surface area contributed by atoms with Gasteiger partial charge in [0, 0.05) is 38.9 Å². The van der Waals surface area contributed by atoms with Crippen molar-refractivity contribution in [2.45, 2.75) is 39.0 Å². The predicted octanol–water partition coefficient (Wildman–Crippen LogP) is 11.0.